The van der Waals surface area contributed by atoms with Crippen LogP contribution in [0.1, 0.15) is 43.2 Å². The van der Waals surface area contributed by atoms with E-state index in [1.807, 2.05) is 24.3 Å². The lowest BCUT2D eigenvalue weighted by atomic mass is 10.1. The van der Waals surface area contributed by atoms with Gasteiger partial charge in [-0.2, -0.15) is 0 Å². The molecule has 1 aromatic heterocycles. The van der Waals surface area contributed by atoms with Gasteiger partial charge in [-0.3, -0.25) is 0 Å². The van der Waals surface area contributed by atoms with E-state index in [4.69, 9.17) is 4.74 Å². The molecule has 22 heavy (non-hydrogen) atoms. The molecule has 0 saturated heterocycles. The van der Waals surface area contributed by atoms with E-state index < -0.39 is 6.10 Å². The number of nitrogens with zero attached hydrogens (tertiary/aromatic N) is 3. The van der Waals surface area contributed by atoms with Crippen molar-refractivity contribution < 1.29 is 9.84 Å². The number of hydrogen-bond donors (Lipinski definition) is 1. The highest BCUT2D eigenvalue weighted by Gasteiger charge is 2.30. The summed E-state index contributed by atoms with van der Waals surface area (Å²) >= 11 is 1.55. The molecule has 0 spiro atoms. The van der Waals surface area contributed by atoms with Crippen molar-refractivity contribution in [1.82, 2.24) is 14.8 Å². The summed E-state index contributed by atoms with van der Waals surface area (Å²) in [4.78, 5) is 0. The Morgan fingerprint density at radius 1 is 1.41 bits per heavy atom. The van der Waals surface area contributed by atoms with Gasteiger partial charge in [0.05, 0.1) is 13.2 Å². The summed E-state index contributed by atoms with van der Waals surface area (Å²) in [5.74, 6) is 3.00. The first kappa shape index (κ1) is 15.4. The largest absolute Gasteiger partial charge is 0.497 e. The molecule has 1 N–H and O–H groups in total. The van der Waals surface area contributed by atoms with Crippen LogP contribution in [0.15, 0.2) is 29.4 Å². The summed E-state index contributed by atoms with van der Waals surface area (Å²) in [5, 5.41) is 19.9. The predicted octanol–water partition coefficient (Wildman–Crippen LogP) is 3.01. The standard InChI is InChI=1S/C16H21N3O2S/c1-3-19-15(11-7-8-11)17-18-16(19)22-10-14(20)12-5-4-6-13(9-12)21-2/h4-6,9,11,14,20H,3,7-8,10H2,1-2H3. The van der Waals surface area contributed by atoms with Gasteiger partial charge < -0.3 is 14.4 Å². The molecule has 0 radical (unpaired) electrons. The molecule has 1 unspecified atom stereocenters. The first-order chi connectivity index (χ1) is 10.7. The number of aliphatic hydroxyl groups excluding tert-OH is 1. The van der Waals surface area contributed by atoms with Gasteiger partial charge >= 0.3 is 0 Å². The Bertz CT molecular complexity index is 640. The maximum absolute atomic E-state index is 10.4. The van der Waals surface area contributed by atoms with Gasteiger partial charge in [0.1, 0.15) is 11.6 Å². The van der Waals surface area contributed by atoms with Crippen molar-refractivity contribution in [2.24, 2.45) is 0 Å². The van der Waals surface area contributed by atoms with E-state index in [1.165, 1.54) is 12.8 Å². The number of thioether (sulfide) groups is 1. The Kier molecular flexibility index (Phi) is 4.69. The van der Waals surface area contributed by atoms with Gasteiger partial charge in [0.25, 0.3) is 0 Å². The number of aromatic nitrogens is 3. The van der Waals surface area contributed by atoms with Gasteiger partial charge in [0, 0.05) is 18.2 Å². The van der Waals surface area contributed by atoms with Crippen LogP contribution in [0.4, 0.5) is 0 Å². The molecular weight excluding hydrogens is 298 g/mol. The van der Waals surface area contributed by atoms with E-state index in [0.717, 1.165) is 28.8 Å². The Morgan fingerprint density at radius 2 is 2.23 bits per heavy atom. The fourth-order valence-corrected chi connectivity index (χ4v) is 3.42. The molecule has 6 heteroatoms. The quantitative estimate of drug-likeness (QED) is 0.795. The third-order valence-electron chi connectivity index (χ3n) is 3.85. The third-order valence-corrected chi connectivity index (χ3v) is 4.90. The van der Waals surface area contributed by atoms with Gasteiger partial charge in [-0.25, -0.2) is 0 Å². The average Bonchev–Trinajstić information content (AvgIpc) is 3.32. The van der Waals surface area contributed by atoms with Crippen molar-refractivity contribution in [2.75, 3.05) is 12.9 Å². The summed E-state index contributed by atoms with van der Waals surface area (Å²) in [6.07, 6.45) is 1.89. The van der Waals surface area contributed by atoms with Gasteiger partial charge in [-0.15, -0.1) is 10.2 Å². The second kappa shape index (κ2) is 6.71. The van der Waals surface area contributed by atoms with E-state index >= 15 is 0 Å². The van der Waals surface area contributed by atoms with Crippen molar-refractivity contribution in [3.8, 4) is 5.75 Å². The smallest absolute Gasteiger partial charge is 0.191 e. The normalized spacial score (nSPS) is 15.8. The van der Waals surface area contributed by atoms with Crippen LogP contribution in [0.3, 0.4) is 0 Å². The number of rotatable bonds is 7. The van der Waals surface area contributed by atoms with Gasteiger partial charge in [-0.05, 0) is 37.5 Å². The minimum absolute atomic E-state index is 0.550. The molecule has 1 saturated carbocycles. The lowest BCUT2D eigenvalue weighted by Gasteiger charge is -2.12. The first-order valence-electron chi connectivity index (χ1n) is 7.60. The van der Waals surface area contributed by atoms with Crippen LogP contribution in [-0.2, 0) is 6.54 Å². The Labute approximate surface area is 134 Å². The number of methoxy groups -OCH3 is 1. The molecule has 1 atom stereocenters. The highest BCUT2D eigenvalue weighted by Crippen LogP contribution is 2.40. The highest BCUT2D eigenvalue weighted by molar-refractivity contribution is 7.99. The van der Waals surface area contributed by atoms with E-state index in [2.05, 4.69) is 21.7 Å². The molecule has 0 aliphatic heterocycles. The van der Waals surface area contributed by atoms with Crippen LogP contribution in [0.25, 0.3) is 0 Å². The molecule has 3 rings (SSSR count). The van der Waals surface area contributed by atoms with Crippen LogP contribution < -0.4 is 4.74 Å². The molecule has 1 heterocycles. The fourth-order valence-electron chi connectivity index (χ4n) is 2.45. The van der Waals surface area contributed by atoms with E-state index in [0.29, 0.717) is 11.7 Å². The summed E-state index contributed by atoms with van der Waals surface area (Å²) < 4.78 is 7.36. The molecule has 0 bridgehead atoms. The summed E-state index contributed by atoms with van der Waals surface area (Å²) in [7, 11) is 1.63. The SMILES string of the molecule is CCn1c(SCC(O)c2cccc(OC)c2)nnc1C1CC1. The Balaban J connectivity index is 1.66. The maximum Gasteiger partial charge on any atom is 0.191 e. The zero-order valence-corrected chi connectivity index (χ0v) is 13.7. The summed E-state index contributed by atoms with van der Waals surface area (Å²) in [6.45, 7) is 2.98. The van der Waals surface area contributed by atoms with Crippen molar-refractivity contribution in [3.05, 3.63) is 35.7 Å². The van der Waals surface area contributed by atoms with Crippen LogP contribution in [0.2, 0.25) is 0 Å². The zero-order chi connectivity index (χ0) is 15.5. The molecule has 118 valence electrons. The van der Waals surface area contributed by atoms with Crippen LogP contribution >= 0.6 is 11.8 Å². The van der Waals surface area contributed by atoms with Crippen molar-refractivity contribution in [3.63, 3.8) is 0 Å². The number of hydrogen-bond acceptors (Lipinski definition) is 5. The number of ether oxygens (including phenoxy) is 1. The second-order valence-electron chi connectivity index (χ2n) is 5.46. The molecule has 1 fully saturated rings. The average molecular weight is 319 g/mol. The lowest BCUT2D eigenvalue weighted by Crippen LogP contribution is -2.05. The maximum atomic E-state index is 10.4. The molecule has 0 amide bonds. The van der Waals surface area contributed by atoms with Crippen LogP contribution in [0, 0.1) is 0 Å². The summed E-state index contributed by atoms with van der Waals surface area (Å²) in [6, 6.07) is 7.54. The van der Waals surface area contributed by atoms with Crippen LogP contribution in [0.5, 0.6) is 5.75 Å². The Hall–Kier alpha value is -1.53. The van der Waals surface area contributed by atoms with E-state index in [1.54, 1.807) is 18.9 Å². The van der Waals surface area contributed by atoms with Crippen molar-refractivity contribution in [1.29, 1.82) is 0 Å². The van der Waals surface area contributed by atoms with Crippen molar-refractivity contribution in [2.45, 2.75) is 43.5 Å². The van der Waals surface area contributed by atoms with E-state index in [9.17, 15) is 5.11 Å². The van der Waals surface area contributed by atoms with Crippen LogP contribution in [-0.4, -0.2) is 32.7 Å². The minimum atomic E-state index is -0.550. The molecule has 1 aliphatic carbocycles. The molecule has 5 nitrogen and oxygen atoms in total. The molecule has 1 aromatic carbocycles. The van der Waals surface area contributed by atoms with Gasteiger partial charge in [-0.1, -0.05) is 23.9 Å². The minimum Gasteiger partial charge on any atom is -0.497 e. The van der Waals surface area contributed by atoms with E-state index in [-0.39, 0.29) is 0 Å². The summed E-state index contributed by atoms with van der Waals surface area (Å²) in [5.41, 5.74) is 0.858. The monoisotopic (exact) mass is 319 g/mol. The fraction of sp³-hybridized carbons (Fsp3) is 0.500. The number of aliphatic hydroxyl groups is 1. The molecule has 1 aliphatic rings. The van der Waals surface area contributed by atoms with Gasteiger partial charge in [0.2, 0.25) is 0 Å². The molecule has 2 aromatic rings. The Morgan fingerprint density at radius 3 is 2.91 bits per heavy atom. The zero-order valence-electron chi connectivity index (χ0n) is 12.9. The predicted molar refractivity (Wildman–Crippen MR) is 86.3 cm³/mol. The highest BCUT2D eigenvalue weighted by atomic mass is 32.2. The van der Waals surface area contributed by atoms with Crippen molar-refractivity contribution >= 4 is 11.8 Å². The first-order valence-corrected chi connectivity index (χ1v) is 8.59. The third kappa shape index (κ3) is 3.28. The number of benzene rings is 1. The lowest BCUT2D eigenvalue weighted by molar-refractivity contribution is 0.203. The molecular formula is C16H21N3O2S. The second-order valence-corrected chi connectivity index (χ2v) is 6.45. The topological polar surface area (TPSA) is 60.2 Å². The van der Waals surface area contributed by atoms with Gasteiger partial charge in [0.15, 0.2) is 5.16 Å².